The molecule has 1 fully saturated rings. The molecule has 2 heterocycles. The number of nitrogens with two attached hydrogens (primary N) is 1. The number of carbonyl (C=O) groups is 2. The van der Waals surface area contributed by atoms with Gasteiger partial charge in [0, 0.05) is 36.3 Å². The van der Waals surface area contributed by atoms with E-state index in [9.17, 15) is 14.7 Å². The summed E-state index contributed by atoms with van der Waals surface area (Å²) in [5.74, 6) is 0.463. The molecule has 2 amide bonds. The number of anilines is 3. The number of para-hydroxylation sites is 2. The van der Waals surface area contributed by atoms with E-state index < -0.39 is 6.29 Å². The summed E-state index contributed by atoms with van der Waals surface area (Å²) in [6.07, 6.45) is 3.94. The lowest BCUT2D eigenvalue weighted by atomic mass is 10.0. The third kappa shape index (κ3) is 9.63. The van der Waals surface area contributed by atoms with E-state index in [4.69, 9.17) is 15.2 Å². The van der Waals surface area contributed by atoms with Crippen molar-refractivity contribution >= 4 is 40.6 Å². The molecule has 236 valence electrons. The van der Waals surface area contributed by atoms with Crippen molar-refractivity contribution in [3.63, 3.8) is 0 Å². The summed E-state index contributed by atoms with van der Waals surface area (Å²) < 4.78 is 12.8. The van der Waals surface area contributed by atoms with Gasteiger partial charge in [0.25, 0.3) is 0 Å². The van der Waals surface area contributed by atoms with Crippen molar-refractivity contribution < 1.29 is 24.2 Å². The minimum Gasteiger partial charge on any atom is -0.397 e. The van der Waals surface area contributed by atoms with Crippen LogP contribution in [0.3, 0.4) is 0 Å². The van der Waals surface area contributed by atoms with Crippen molar-refractivity contribution in [2.45, 2.75) is 68.8 Å². The normalized spacial score (nSPS) is 17.9. The number of amides is 2. The van der Waals surface area contributed by atoms with E-state index >= 15 is 0 Å². The Hall–Kier alpha value is -4.23. The molecule has 0 spiro atoms. The highest BCUT2D eigenvalue weighted by Gasteiger charge is 2.32. The van der Waals surface area contributed by atoms with Gasteiger partial charge in [0.2, 0.25) is 11.8 Å². The molecule has 12 heteroatoms. The summed E-state index contributed by atoms with van der Waals surface area (Å²) >= 11 is 1.53. The number of hydrogen-bond donors (Lipinski definition) is 5. The van der Waals surface area contributed by atoms with E-state index in [1.807, 2.05) is 60.7 Å². The van der Waals surface area contributed by atoms with Gasteiger partial charge in [-0.25, -0.2) is 4.98 Å². The molecule has 0 radical (unpaired) electrons. The van der Waals surface area contributed by atoms with Gasteiger partial charge in [-0.1, -0.05) is 66.7 Å². The molecular formula is C33H38N6O5S. The van der Waals surface area contributed by atoms with Crippen LogP contribution in [0.1, 0.15) is 67.6 Å². The molecule has 1 aliphatic heterocycles. The zero-order valence-electron chi connectivity index (χ0n) is 24.9. The smallest absolute Gasteiger partial charge is 0.224 e. The van der Waals surface area contributed by atoms with E-state index in [1.54, 1.807) is 12.1 Å². The number of hydrogen-bond acceptors (Lipinski definition) is 9. The largest absolute Gasteiger partial charge is 0.397 e. The first-order valence-corrected chi connectivity index (χ1v) is 16.0. The first kappa shape index (κ1) is 32.2. The van der Waals surface area contributed by atoms with E-state index in [2.05, 4.69) is 25.8 Å². The number of aromatic amines is 1. The first-order chi connectivity index (χ1) is 22.0. The average molecular weight is 631 g/mol. The Balaban J connectivity index is 1.13. The van der Waals surface area contributed by atoms with Gasteiger partial charge < -0.3 is 30.9 Å². The van der Waals surface area contributed by atoms with Crippen LogP contribution in [0.4, 0.5) is 17.1 Å². The number of thioether (sulfide) groups is 1. The third-order valence-electron chi connectivity index (χ3n) is 7.40. The molecule has 1 saturated heterocycles. The second-order valence-electron chi connectivity index (χ2n) is 10.8. The molecule has 45 heavy (non-hydrogen) atoms. The maximum absolute atomic E-state index is 12.7. The van der Waals surface area contributed by atoms with E-state index in [0.29, 0.717) is 54.9 Å². The standard InChI is InChI=1S/C33H38N6O5S/c34-27-9-4-5-10-28(27)38-31(42)12-3-1-2-11-30(41)37-25-8-6-7-24(17-25)32-43-26(20-45-33-35-21-36-39-33)18-29(44-32)23-15-13-22(19-40)14-16-23/h4-10,13-17,21,26,29,32,40H,1-3,11-12,18-20,34H2,(H,37,41)(H,38,42)(H,35,36,39)/t26-,29+,32+/m0/s1. The summed E-state index contributed by atoms with van der Waals surface area (Å²) in [5.41, 5.74) is 10.3. The first-order valence-electron chi connectivity index (χ1n) is 15.0. The number of nitrogens with one attached hydrogen (secondary N) is 3. The van der Waals surface area contributed by atoms with Crippen LogP contribution in [0.5, 0.6) is 0 Å². The summed E-state index contributed by atoms with van der Waals surface area (Å²) in [7, 11) is 0. The summed E-state index contributed by atoms with van der Waals surface area (Å²) in [6.45, 7) is -0.0195. The van der Waals surface area contributed by atoms with Crippen molar-refractivity contribution in [2.75, 3.05) is 22.1 Å². The Morgan fingerprint density at radius 3 is 2.44 bits per heavy atom. The molecule has 4 aromatic rings. The Morgan fingerprint density at radius 2 is 1.71 bits per heavy atom. The maximum Gasteiger partial charge on any atom is 0.224 e. The van der Waals surface area contributed by atoms with Crippen LogP contribution < -0.4 is 16.4 Å². The Kier molecular flexibility index (Phi) is 11.6. The number of aliphatic hydroxyl groups is 1. The van der Waals surface area contributed by atoms with Crippen molar-refractivity contribution in [2.24, 2.45) is 0 Å². The lowest BCUT2D eigenvalue weighted by Crippen LogP contribution is -2.31. The van der Waals surface area contributed by atoms with Gasteiger partial charge in [-0.3, -0.25) is 14.7 Å². The lowest BCUT2D eigenvalue weighted by molar-refractivity contribution is -0.245. The van der Waals surface area contributed by atoms with E-state index in [-0.39, 0.29) is 30.6 Å². The Morgan fingerprint density at radius 1 is 0.933 bits per heavy atom. The van der Waals surface area contributed by atoms with Crippen molar-refractivity contribution in [3.8, 4) is 0 Å². The van der Waals surface area contributed by atoms with Crippen LogP contribution >= 0.6 is 11.8 Å². The Bertz CT molecular complexity index is 1530. The topological polar surface area (TPSA) is 164 Å². The second-order valence-corrected chi connectivity index (χ2v) is 11.8. The predicted molar refractivity (Wildman–Crippen MR) is 173 cm³/mol. The molecule has 0 unspecified atom stereocenters. The van der Waals surface area contributed by atoms with Crippen LogP contribution in [-0.4, -0.2) is 44.0 Å². The number of nitrogen functional groups attached to an aromatic ring is 1. The van der Waals surface area contributed by atoms with Crippen molar-refractivity contribution in [1.82, 2.24) is 15.2 Å². The van der Waals surface area contributed by atoms with Gasteiger partial charge in [0.15, 0.2) is 11.4 Å². The molecule has 1 aliphatic rings. The average Bonchev–Trinajstić information content (AvgIpc) is 3.59. The highest BCUT2D eigenvalue weighted by Crippen LogP contribution is 2.39. The van der Waals surface area contributed by atoms with Crippen LogP contribution in [0, 0.1) is 0 Å². The summed E-state index contributed by atoms with van der Waals surface area (Å²) in [6, 6.07) is 22.4. The van der Waals surface area contributed by atoms with E-state index in [0.717, 1.165) is 28.3 Å². The van der Waals surface area contributed by atoms with Crippen molar-refractivity contribution in [1.29, 1.82) is 0 Å². The molecule has 3 atom stereocenters. The van der Waals surface area contributed by atoms with Gasteiger partial charge in [0.05, 0.1) is 30.2 Å². The molecule has 3 aromatic carbocycles. The van der Waals surface area contributed by atoms with Gasteiger partial charge in [-0.15, -0.1) is 0 Å². The molecule has 0 bridgehead atoms. The number of H-pyrrole nitrogens is 1. The molecule has 5 rings (SSSR count). The number of aromatic nitrogens is 3. The summed E-state index contributed by atoms with van der Waals surface area (Å²) in [5, 5.41) is 22.8. The molecule has 11 nitrogen and oxygen atoms in total. The second kappa shape index (κ2) is 16.2. The molecule has 0 aliphatic carbocycles. The molecule has 1 aromatic heterocycles. The molecular weight excluding hydrogens is 592 g/mol. The monoisotopic (exact) mass is 630 g/mol. The fraction of sp³-hybridized carbons (Fsp3) is 0.333. The highest BCUT2D eigenvalue weighted by molar-refractivity contribution is 7.99. The van der Waals surface area contributed by atoms with Gasteiger partial charge in [0.1, 0.15) is 6.33 Å². The number of benzene rings is 3. The van der Waals surface area contributed by atoms with Crippen LogP contribution in [0.15, 0.2) is 84.3 Å². The quantitative estimate of drug-likeness (QED) is 0.0663. The third-order valence-corrected chi connectivity index (χ3v) is 8.41. The zero-order valence-corrected chi connectivity index (χ0v) is 25.7. The Labute approximate surface area is 266 Å². The number of rotatable bonds is 14. The lowest BCUT2D eigenvalue weighted by Gasteiger charge is -2.36. The summed E-state index contributed by atoms with van der Waals surface area (Å²) in [4.78, 5) is 29.1. The van der Waals surface area contributed by atoms with Gasteiger partial charge >= 0.3 is 0 Å². The number of aliphatic hydroxyl groups excluding tert-OH is 1. The maximum atomic E-state index is 12.7. The van der Waals surface area contributed by atoms with Crippen molar-refractivity contribution in [3.05, 3.63) is 95.8 Å². The van der Waals surface area contributed by atoms with E-state index in [1.165, 1.54) is 18.1 Å². The predicted octanol–water partition coefficient (Wildman–Crippen LogP) is 5.74. The fourth-order valence-electron chi connectivity index (χ4n) is 5.02. The SMILES string of the molecule is Nc1ccccc1NC(=O)CCCCCC(=O)Nc1cccc([C@@H]2O[C@H](CSc3ncn[nH]3)C[C@H](c3ccc(CO)cc3)O2)c1. The zero-order chi connectivity index (χ0) is 31.4. The molecule has 6 N–H and O–H groups in total. The molecule has 0 saturated carbocycles. The van der Waals surface area contributed by atoms with Crippen LogP contribution in [0.25, 0.3) is 0 Å². The fourth-order valence-corrected chi connectivity index (χ4v) is 5.81. The van der Waals surface area contributed by atoms with Gasteiger partial charge in [-0.05, 0) is 48.2 Å². The number of carbonyl (C=O) groups excluding carboxylic acids is 2. The van der Waals surface area contributed by atoms with Gasteiger partial charge in [-0.2, -0.15) is 5.10 Å². The highest BCUT2D eigenvalue weighted by atomic mass is 32.2. The number of unbranched alkanes of at least 4 members (excludes halogenated alkanes) is 2. The van der Waals surface area contributed by atoms with Crippen LogP contribution in [0.2, 0.25) is 0 Å². The minimum absolute atomic E-state index is 0.0195. The number of nitrogens with zero attached hydrogens (tertiary/aromatic N) is 2. The van der Waals surface area contributed by atoms with Crippen LogP contribution in [-0.2, 0) is 25.7 Å². The minimum atomic E-state index is -0.643. The number of ether oxygens (including phenoxy) is 2.